The Hall–Kier alpha value is -0.620. The molecule has 6 heteroatoms. The van der Waals surface area contributed by atoms with Gasteiger partial charge in [-0.25, -0.2) is 0 Å². The molecular weight excluding hydrogens is 268 g/mol. The largest absolute Gasteiger partial charge is 0.359 e. The highest BCUT2D eigenvalue weighted by molar-refractivity contribution is 8.05. The van der Waals surface area contributed by atoms with Gasteiger partial charge in [0.25, 0.3) is 0 Å². The zero-order valence-corrected chi connectivity index (χ0v) is 12.7. The van der Waals surface area contributed by atoms with E-state index in [0.717, 1.165) is 24.3 Å². The average Bonchev–Trinajstić information content (AvgIpc) is 2.40. The third kappa shape index (κ3) is 11.9. The van der Waals surface area contributed by atoms with Crippen molar-refractivity contribution in [2.24, 2.45) is 0 Å². The lowest BCUT2D eigenvalue weighted by atomic mass is 10.3. The van der Waals surface area contributed by atoms with Gasteiger partial charge in [-0.1, -0.05) is 0 Å². The van der Waals surface area contributed by atoms with E-state index in [9.17, 15) is 9.59 Å². The van der Waals surface area contributed by atoms with Gasteiger partial charge in [0.2, 0.25) is 11.8 Å². The van der Waals surface area contributed by atoms with Crippen LogP contribution in [0.4, 0.5) is 0 Å². The SMILES string of the molecule is CNC(=O)CCCSC=CSCCCC(=O)NC. The molecule has 0 rings (SSSR count). The quantitative estimate of drug-likeness (QED) is 0.604. The van der Waals surface area contributed by atoms with E-state index >= 15 is 0 Å². The van der Waals surface area contributed by atoms with Crippen LogP contribution in [0.25, 0.3) is 0 Å². The molecule has 104 valence electrons. The van der Waals surface area contributed by atoms with Gasteiger partial charge in [0.05, 0.1) is 0 Å². The Kier molecular flexibility index (Phi) is 12.4. The summed E-state index contributed by atoms with van der Waals surface area (Å²) in [6.45, 7) is 0. The van der Waals surface area contributed by atoms with Crippen molar-refractivity contribution in [3.63, 3.8) is 0 Å². The minimum atomic E-state index is 0.100. The van der Waals surface area contributed by atoms with Crippen LogP contribution in [0.3, 0.4) is 0 Å². The molecule has 0 aliphatic carbocycles. The molecule has 0 aromatic carbocycles. The molecule has 0 heterocycles. The number of nitrogens with one attached hydrogen (secondary N) is 2. The summed E-state index contributed by atoms with van der Waals surface area (Å²) in [6.07, 6.45) is 2.99. The first-order valence-electron chi connectivity index (χ1n) is 6.00. The summed E-state index contributed by atoms with van der Waals surface area (Å²) < 4.78 is 0. The summed E-state index contributed by atoms with van der Waals surface area (Å²) in [5.74, 6) is 2.12. The fourth-order valence-corrected chi connectivity index (χ4v) is 2.62. The molecule has 0 spiro atoms. The highest BCUT2D eigenvalue weighted by Crippen LogP contribution is 2.12. The number of amides is 2. The minimum absolute atomic E-state index is 0.100. The van der Waals surface area contributed by atoms with Crippen molar-refractivity contribution in [1.82, 2.24) is 10.6 Å². The summed E-state index contributed by atoms with van der Waals surface area (Å²) in [5.41, 5.74) is 0. The van der Waals surface area contributed by atoms with Crippen molar-refractivity contribution in [2.75, 3.05) is 25.6 Å². The number of rotatable bonds is 10. The van der Waals surface area contributed by atoms with Crippen LogP contribution < -0.4 is 10.6 Å². The highest BCUT2D eigenvalue weighted by atomic mass is 32.2. The molecule has 0 bridgehead atoms. The fraction of sp³-hybridized carbons (Fsp3) is 0.667. The van der Waals surface area contributed by atoms with Crippen LogP contribution in [0.5, 0.6) is 0 Å². The van der Waals surface area contributed by atoms with E-state index < -0.39 is 0 Å². The zero-order chi connectivity index (χ0) is 13.6. The second kappa shape index (κ2) is 12.8. The van der Waals surface area contributed by atoms with Crippen molar-refractivity contribution < 1.29 is 9.59 Å². The number of carbonyl (C=O) groups excluding carboxylic acids is 2. The first kappa shape index (κ1) is 17.4. The number of hydrogen-bond acceptors (Lipinski definition) is 4. The van der Waals surface area contributed by atoms with Crippen LogP contribution in [0.1, 0.15) is 25.7 Å². The molecule has 0 saturated heterocycles. The molecule has 4 nitrogen and oxygen atoms in total. The average molecular weight is 290 g/mol. The molecule has 2 N–H and O–H groups in total. The van der Waals surface area contributed by atoms with Crippen molar-refractivity contribution in [3.05, 3.63) is 10.8 Å². The maximum absolute atomic E-state index is 10.9. The van der Waals surface area contributed by atoms with Crippen molar-refractivity contribution in [3.8, 4) is 0 Å². The Morgan fingerprint density at radius 2 is 1.28 bits per heavy atom. The van der Waals surface area contributed by atoms with Crippen LogP contribution in [0.2, 0.25) is 0 Å². The van der Waals surface area contributed by atoms with Gasteiger partial charge in [-0.05, 0) is 35.2 Å². The summed E-state index contributed by atoms with van der Waals surface area (Å²) >= 11 is 3.43. The minimum Gasteiger partial charge on any atom is -0.359 e. The molecule has 0 unspecified atom stereocenters. The monoisotopic (exact) mass is 290 g/mol. The zero-order valence-electron chi connectivity index (χ0n) is 11.0. The van der Waals surface area contributed by atoms with E-state index in [4.69, 9.17) is 0 Å². The molecule has 0 aromatic rings. The van der Waals surface area contributed by atoms with Gasteiger partial charge in [0.1, 0.15) is 0 Å². The number of hydrogen-bond donors (Lipinski definition) is 2. The molecule has 0 aliphatic rings. The van der Waals surface area contributed by atoms with Crippen LogP contribution >= 0.6 is 23.5 Å². The lowest BCUT2D eigenvalue weighted by molar-refractivity contribution is -0.121. The van der Waals surface area contributed by atoms with E-state index in [1.807, 2.05) is 0 Å². The van der Waals surface area contributed by atoms with Crippen LogP contribution in [0, 0.1) is 0 Å². The Morgan fingerprint density at radius 1 is 0.889 bits per heavy atom. The second-order valence-corrected chi connectivity index (χ2v) is 5.59. The third-order valence-electron chi connectivity index (χ3n) is 2.14. The third-order valence-corrected chi connectivity index (χ3v) is 4.02. The standard InChI is InChI=1S/C12H22N2O2S2/c1-13-11(15)5-3-7-17-9-10-18-8-4-6-12(16)14-2/h9-10H,3-8H2,1-2H3,(H,13,15)(H,14,16). The van der Waals surface area contributed by atoms with Crippen LogP contribution in [0.15, 0.2) is 10.8 Å². The number of thioether (sulfide) groups is 2. The van der Waals surface area contributed by atoms with E-state index in [1.54, 1.807) is 37.6 Å². The Bertz CT molecular complexity index is 245. The van der Waals surface area contributed by atoms with Crippen molar-refractivity contribution in [2.45, 2.75) is 25.7 Å². The summed E-state index contributed by atoms with van der Waals surface area (Å²) in [4.78, 5) is 21.8. The lowest BCUT2D eigenvalue weighted by Gasteiger charge is -1.98. The van der Waals surface area contributed by atoms with Gasteiger partial charge in [-0.2, -0.15) is 0 Å². The normalized spacial score (nSPS) is 10.6. The maximum atomic E-state index is 10.9. The molecule has 0 aromatic heterocycles. The van der Waals surface area contributed by atoms with Gasteiger partial charge < -0.3 is 10.6 Å². The van der Waals surface area contributed by atoms with Crippen LogP contribution in [-0.4, -0.2) is 37.4 Å². The van der Waals surface area contributed by atoms with E-state index in [1.165, 1.54) is 0 Å². The molecule has 0 aliphatic heterocycles. The summed E-state index contributed by atoms with van der Waals surface area (Å²) in [6, 6.07) is 0. The maximum Gasteiger partial charge on any atom is 0.219 e. The number of carbonyl (C=O) groups is 2. The van der Waals surface area contributed by atoms with Gasteiger partial charge in [0, 0.05) is 26.9 Å². The summed E-state index contributed by atoms with van der Waals surface area (Å²) in [5, 5.41) is 9.30. The highest BCUT2D eigenvalue weighted by Gasteiger charge is 1.96. The predicted octanol–water partition coefficient (Wildman–Crippen LogP) is 1.98. The second-order valence-electron chi connectivity index (χ2n) is 3.57. The smallest absolute Gasteiger partial charge is 0.219 e. The Morgan fingerprint density at radius 3 is 1.61 bits per heavy atom. The molecule has 0 saturated carbocycles. The van der Waals surface area contributed by atoms with Crippen molar-refractivity contribution >= 4 is 35.3 Å². The van der Waals surface area contributed by atoms with Gasteiger partial charge >= 0.3 is 0 Å². The molecular formula is C12H22N2O2S2. The lowest BCUT2D eigenvalue weighted by Crippen LogP contribution is -2.17. The van der Waals surface area contributed by atoms with Gasteiger partial charge in [-0.15, -0.1) is 23.5 Å². The van der Waals surface area contributed by atoms with Crippen molar-refractivity contribution in [1.29, 1.82) is 0 Å². The molecule has 18 heavy (non-hydrogen) atoms. The Labute approximate surface area is 118 Å². The van der Waals surface area contributed by atoms with Crippen LogP contribution in [-0.2, 0) is 9.59 Å². The summed E-state index contributed by atoms with van der Waals surface area (Å²) in [7, 11) is 3.32. The van der Waals surface area contributed by atoms with E-state index in [0.29, 0.717) is 12.8 Å². The Balaban J connectivity index is 3.23. The van der Waals surface area contributed by atoms with Gasteiger partial charge in [0.15, 0.2) is 0 Å². The molecule has 0 fully saturated rings. The predicted molar refractivity (Wildman–Crippen MR) is 80.7 cm³/mol. The van der Waals surface area contributed by atoms with E-state index in [2.05, 4.69) is 21.4 Å². The molecule has 0 radical (unpaired) electrons. The topological polar surface area (TPSA) is 58.2 Å². The first-order valence-corrected chi connectivity index (χ1v) is 8.09. The molecule has 2 amide bonds. The van der Waals surface area contributed by atoms with E-state index in [-0.39, 0.29) is 11.8 Å². The molecule has 0 atom stereocenters. The fourth-order valence-electron chi connectivity index (χ4n) is 1.10. The van der Waals surface area contributed by atoms with Gasteiger partial charge in [-0.3, -0.25) is 9.59 Å². The first-order chi connectivity index (χ1) is 8.70.